The van der Waals surface area contributed by atoms with Gasteiger partial charge in [-0.25, -0.2) is 0 Å². The molecule has 0 saturated carbocycles. The third-order valence-corrected chi connectivity index (χ3v) is 6.16. The minimum atomic E-state index is -0.0400. The first-order valence-corrected chi connectivity index (χ1v) is 10.1. The maximum atomic E-state index is 13.0. The van der Waals surface area contributed by atoms with Crippen LogP contribution in [0, 0.1) is 0 Å². The van der Waals surface area contributed by atoms with Gasteiger partial charge in [0.1, 0.15) is 0 Å². The van der Waals surface area contributed by atoms with Gasteiger partial charge < -0.3 is 15.1 Å². The molecular formula is C20H23ClN2O3S. The molecule has 2 N–H and O–H groups in total. The lowest BCUT2D eigenvalue weighted by Crippen LogP contribution is -2.36. The standard InChI is InChI=1S/C20H23ClN2O3S/c1-22(8-9-23(10-12-24)11-13-25)16-7-6-15(21)18-19(26)14-4-2-3-5-17(14)27-20(16)18/h2-7,24-25H,8-13H2,1H3. The van der Waals surface area contributed by atoms with Gasteiger partial charge >= 0.3 is 0 Å². The van der Waals surface area contributed by atoms with E-state index < -0.39 is 0 Å². The van der Waals surface area contributed by atoms with Crippen molar-refractivity contribution < 1.29 is 10.2 Å². The zero-order valence-electron chi connectivity index (χ0n) is 15.2. The molecule has 144 valence electrons. The molecule has 5 nitrogen and oxygen atoms in total. The zero-order valence-corrected chi connectivity index (χ0v) is 16.8. The summed E-state index contributed by atoms with van der Waals surface area (Å²) in [6.07, 6.45) is 0. The van der Waals surface area contributed by atoms with E-state index >= 15 is 0 Å². The summed E-state index contributed by atoms with van der Waals surface area (Å²) in [6, 6.07) is 11.3. The molecule has 3 rings (SSSR count). The summed E-state index contributed by atoms with van der Waals surface area (Å²) < 4.78 is 1.82. The molecule has 27 heavy (non-hydrogen) atoms. The molecule has 0 atom stereocenters. The van der Waals surface area contributed by atoms with E-state index in [0.29, 0.717) is 42.0 Å². The number of benzene rings is 2. The Bertz CT molecular complexity index is 986. The van der Waals surface area contributed by atoms with Crippen molar-refractivity contribution in [1.82, 2.24) is 4.90 Å². The molecule has 0 bridgehead atoms. The molecule has 0 fully saturated rings. The number of halogens is 1. The van der Waals surface area contributed by atoms with E-state index in [1.165, 1.54) is 0 Å². The predicted molar refractivity (Wildman–Crippen MR) is 114 cm³/mol. The molecule has 7 heteroatoms. The van der Waals surface area contributed by atoms with Crippen LogP contribution in [0.3, 0.4) is 0 Å². The number of fused-ring (bicyclic) bond motifs is 2. The van der Waals surface area contributed by atoms with Gasteiger partial charge in [0.15, 0.2) is 5.43 Å². The van der Waals surface area contributed by atoms with Crippen LogP contribution in [-0.4, -0.2) is 61.6 Å². The van der Waals surface area contributed by atoms with Crippen LogP contribution in [0.1, 0.15) is 0 Å². The highest BCUT2D eigenvalue weighted by atomic mass is 35.5. The Balaban J connectivity index is 1.99. The summed E-state index contributed by atoms with van der Waals surface area (Å²) >= 11 is 7.94. The lowest BCUT2D eigenvalue weighted by molar-refractivity contribution is 0.164. The lowest BCUT2D eigenvalue weighted by Gasteiger charge is -2.26. The molecule has 1 aromatic heterocycles. The number of anilines is 1. The van der Waals surface area contributed by atoms with Crippen molar-refractivity contribution in [2.75, 3.05) is 51.3 Å². The number of hydrogen-bond donors (Lipinski definition) is 2. The van der Waals surface area contributed by atoms with Gasteiger partial charge in [-0.1, -0.05) is 23.7 Å². The number of aliphatic hydroxyl groups is 2. The average Bonchev–Trinajstić information content (AvgIpc) is 2.66. The van der Waals surface area contributed by atoms with Crippen LogP contribution >= 0.6 is 22.9 Å². The minimum absolute atomic E-state index is 0.0400. The molecule has 2 aromatic carbocycles. The van der Waals surface area contributed by atoms with Crippen molar-refractivity contribution in [3.63, 3.8) is 0 Å². The molecule has 1 heterocycles. The predicted octanol–water partition coefficient (Wildman–Crippen LogP) is 2.79. The smallest absolute Gasteiger partial charge is 0.197 e. The maximum absolute atomic E-state index is 13.0. The summed E-state index contributed by atoms with van der Waals surface area (Å²) in [5.41, 5.74) is 0.914. The highest BCUT2D eigenvalue weighted by Crippen LogP contribution is 2.35. The van der Waals surface area contributed by atoms with Gasteiger partial charge in [0.05, 0.1) is 34.0 Å². The second kappa shape index (κ2) is 8.99. The van der Waals surface area contributed by atoms with Crippen molar-refractivity contribution in [3.8, 4) is 0 Å². The monoisotopic (exact) mass is 406 g/mol. The van der Waals surface area contributed by atoms with E-state index in [9.17, 15) is 4.79 Å². The first-order valence-electron chi connectivity index (χ1n) is 8.86. The first-order chi connectivity index (χ1) is 13.1. The molecule has 0 unspecified atom stereocenters. The van der Waals surface area contributed by atoms with E-state index in [1.807, 2.05) is 42.3 Å². The Kier molecular flexibility index (Phi) is 6.68. The Morgan fingerprint density at radius 1 is 1.00 bits per heavy atom. The normalized spacial score (nSPS) is 11.6. The maximum Gasteiger partial charge on any atom is 0.197 e. The van der Waals surface area contributed by atoms with E-state index in [0.717, 1.165) is 15.1 Å². The number of rotatable bonds is 8. The molecule has 0 spiro atoms. The number of nitrogens with zero attached hydrogens (tertiary/aromatic N) is 2. The van der Waals surface area contributed by atoms with E-state index in [1.54, 1.807) is 17.4 Å². The van der Waals surface area contributed by atoms with E-state index in [-0.39, 0.29) is 18.6 Å². The molecule has 0 amide bonds. The van der Waals surface area contributed by atoms with Crippen molar-refractivity contribution >= 4 is 48.8 Å². The van der Waals surface area contributed by atoms with Crippen LogP contribution in [-0.2, 0) is 0 Å². The number of likely N-dealkylation sites (N-methyl/N-ethyl adjacent to an activating group) is 1. The summed E-state index contributed by atoms with van der Waals surface area (Å²) in [5, 5.41) is 20.0. The number of aliphatic hydroxyl groups excluding tert-OH is 2. The summed E-state index contributed by atoms with van der Waals surface area (Å²) in [6.45, 7) is 2.55. The molecule has 0 radical (unpaired) electrons. The van der Waals surface area contributed by atoms with E-state index in [4.69, 9.17) is 21.8 Å². The van der Waals surface area contributed by atoms with Crippen molar-refractivity contribution in [1.29, 1.82) is 0 Å². The van der Waals surface area contributed by atoms with Crippen LogP contribution < -0.4 is 10.3 Å². The highest BCUT2D eigenvalue weighted by Gasteiger charge is 2.15. The fourth-order valence-electron chi connectivity index (χ4n) is 3.18. The van der Waals surface area contributed by atoms with Gasteiger partial charge in [0.2, 0.25) is 0 Å². The molecular weight excluding hydrogens is 384 g/mol. The quantitative estimate of drug-likeness (QED) is 0.563. The fourth-order valence-corrected chi connectivity index (χ4v) is 4.75. The Labute approximate surface area is 167 Å². The molecule has 0 aliphatic rings. The van der Waals surface area contributed by atoms with Gasteiger partial charge in [0.25, 0.3) is 0 Å². The first kappa shape index (κ1) is 20.0. The van der Waals surface area contributed by atoms with Crippen LogP contribution in [0.4, 0.5) is 5.69 Å². The summed E-state index contributed by atoms with van der Waals surface area (Å²) in [7, 11) is 1.98. The lowest BCUT2D eigenvalue weighted by atomic mass is 10.1. The van der Waals surface area contributed by atoms with Crippen LogP contribution in [0.2, 0.25) is 5.02 Å². The Morgan fingerprint density at radius 3 is 2.41 bits per heavy atom. The van der Waals surface area contributed by atoms with Gasteiger partial charge in [-0.15, -0.1) is 11.3 Å². The summed E-state index contributed by atoms with van der Waals surface area (Å²) in [5.74, 6) is 0. The highest BCUT2D eigenvalue weighted by molar-refractivity contribution is 7.25. The van der Waals surface area contributed by atoms with Gasteiger partial charge in [0, 0.05) is 43.3 Å². The molecule has 0 aliphatic heterocycles. The second-order valence-corrected chi connectivity index (χ2v) is 7.87. The van der Waals surface area contributed by atoms with Crippen molar-refractivity contribution in [3.05, 3.63) is 51.6 Å². The molecule has 3 aromatic rings. The van der Waals surface area contributed by atoms with Gasteiger partial charge in [-0.3, -0.25) is 9.69 Å². The van der Waals surface area contributed by atoms with Crippen molar-refractivity contribution in [2.24, 2.45) is 0 Å². The SMILES string of the molecule is CN(CCN(CCO)CCO)c1ccc(Cl)c2c(=O)c3ccccc3sc12. The zero-order chi connectivity index (χ0) is 19.4. The fraction of sp³-hybridized carbons (Fsp3) is 0.350. The second-order valence-electron chi connectivity index (χ2n) is 6.41. The third-order valence-electron chi connectivity index (χ3n) is 4.65. The van der Waals surface area contributed by atoms with E-state index in [2.05, 4.69) is 4.90 Å². The van der Waals surface area contributed by atoms with Gasteiger partial charge in [-0.2, -0.15) is 0 Å². The number of hydrogen-bond acceptors (Lipinski definition) is 6. The van der Waals surface area contributed by atoms with Gasteiger partial charge in [-0.05, 0) is 24.3 Å². The minimum Gasteiger partial charge on any atom is -0.395 e. The topological polar surface area (TPSA) is 64.0 Å². The summed E-state index contributed by atoms with van der Waals surface area (Å²) in [4.78, 5) is 17.1. The largest absolute Gasteiger partial charge is 0.395 e. The average molecular weight is 407 g/mol. The van der Waals surface area contributed by atoms with Crippen LogP contribution in [0.25, 0.3) is 20.2 Å². The molecule has 0 saturated heterocycles. The van der Waals surface area contributed by atoms with Crippen LogP contribution in [0.15, 0.2) is 41.2 Å². The Morgan fingerprint density at radius 2 is 1.70 bits per heavy atom. The van der Waals surface area contributed by atoms with Crippen molar-refractivity contribution in [2.45, 2.75) is 0 Å². The van der Waals surface area contributed by atoms with Crippen LogP contribution in [0.5, 0.6) is 0 Å². The molecule has 0 aliphatic carbocycles. The Hall–Kier alpha value is -1.70. The third kappa shape index (κ3) is 4.25.